The molecule has 0 radical (unpaired) electrons. The highest BCUT2D eigenvalue weighted by Crippen LogP contribution is 2.42. The molecule has 2 aromatic carbocycles. The molecule has 1 amide bonds. The van der Waals surface area contributed by atoms with Crippen LogP contribution in [0.1, 0.15) is 36.1 Å². The van der Waals surface area contributed by atoms with Gasteiger partial charge in [0.1, 0.15) is 11.5 Å². The van der Waals surface area contributed by atoms with Gasteiger partial charge >= 0.3 is 0 Å². The third-order valence-corrected chi connectivity index (χ3v) is 6.81. The van der Waals surface area contributed by atoms with Crippen LogP contribution in [0.3, 0.4) is 0 Å². The first-order valence-electron chi connectivity index (χ1n) is 12.5. The van der Waals surface area contributed by atoms with Gasteiger partial charge in [0.05, 0.1) is 38.5 Å². The topological polar surface area (TPSA) is 109 Å². The number of hydrogen-bond acceptors (Lipinski definition) is 8. The molecule has 2 saturated heterocycles. The third-order valence-electron chi connectivity index (χ3n) is 6.81. The largest absolute Gasteiger partial charge is 0.507 e. The first kappa shape index (κ1) is 26.5. The van der Waals surface area contributed by atoms with Gasteiger partial charge in [0.25, 0.3) is 11.7 Å². The predicted octanol–water partition coefficient (Wildman–Crippen LogP) is 3.25. The van der Waals surface area contributed by atoms with Crippen molar-refractivity contribution in [3.05, 3.63) is 58.7 Å². The Hall–Kier alpha value is -3.56. The Balaban J connectivity index is 1.74. The average molecular weight is 511 g/mol. The average Bonchev–Trinajstić information content (AvgIpc) is 3.15. The zero-order valence-corrected chi connectivity index (χ0v) is 21.5. The maximum Gasteiger partial charge on any atom is 0.295 e. The molecule has 9 nitrogen and oxygen atoms in total. The summed E-state index contributed by atoms with van der Waals surface area (Å²) < 4.78 is 16.2. The highest BCUT2D eigenvalue weighted by atomic mass is 16.5. The molecule has 1 atom stereocenters. The quantitative estimate of drug-likeness (QED) is 0.301. The summed E-state index contributed by atoms with van der Waals surface area (Å²) in [7, 11) is 1.55. The molecule has 2 N–H and O–H groups in total. The number of ether oxygens (including phenoxy) is 3. The Morgan fingerprint density at radius 1 is 1.11 bits per heavy atom. The number of nitrogens with zero attached hydrogens (tertiary/aromatic N) is 2. The number of likely N-dealkylation sites (tertiary alicyclic amines) is 1. The minimum absolute atomic E-state index is 0.0118. The number of carbonyl (C=O) groups is 2. The van der Waals surface area contributed by atoms with Crippen LogP contribution in [-0.4, -0.2) is 84.8 Å². The van der Waals surface area contributed by atoms with Gasteiger partial charge < -0.3 is 29.3 Å². The van der Waals surface area contributed by atoms with Gasteiger partial charge in [-0.1, -0.05) is 6.07 Å². The number of methoxy groups -OCH3 is 1. The van der Waals surface area contributed by atoms with Gasteiger partial charge in [-0.05, 0) is 61.7 Å². The molecule has 0 bridgehead atoms. The summed E-state index contributed by atoms with van der Waals surface area (Å²) in [5.41, 5.74) is 1.73. The van der Waals surface area contributed by atoms with Gasteiger partial charge in [0.2, 0.25) is 0 Å². The lowest BCUT2D eigenvalue weighted by molar-refractivity contribution is -0.140. The van der Waals surface area contributed by atoms with Crippen molar-refractivity contribution >= 4 is 17.4 Å². The smallest absolute Gasteiger partial charge is 0.295 e. The highest BCUT2D eigenvalue weighted by Gasteiger charge is 2.46. The van der Waals surface area contributed by atoms with E-state index in [4.69, 9.17) is 14.2 Å². The molecule has 0 spiro atoms. The van der Waals surface area contributed by atoms with Crippen molar-refractivity contribution in [2.75, 3.05) is 53.1 Å². The molecule has 198 valence electrons. The molecule has 2 heterocycles. The lowest BCUT2D eigenvalue weighted by Crippen LogP contribution is -2.38. The van der Waals surface area contributed by atoms with Crippen LogP contribution >= 0.6 is 0 Å². The molecule has 0 saturated carbocycles. The van der Waals surface area contributed by atoms with Crippen LogP contribution in [0.25, 0.3) is 5.76 Å². The van der Waals surface area contributed by atoms with Crippen molar-refractivity contribution in [1.82, 2.24) is 9.80 Å². The Kier molecular flexibility index (Phi) is 8.35. The number of hydrogen-bond donors (Lipinski definition) is 2. The number of ketones is 1. The van der Waals surface area contributed by atoms with Crippen molar-refractivity contribution in [2.24, 2.45) is 0 Å². The molecule has 0 unspecified atom stereocenters. The van der Waals surface area contributed by atoms with Crippen LogP contribution in [0.5, 0.6) is 17.2 Å². The number of aromatic hydroxyl groups is 1. The van der Waals surface area contributed by atoms with Gasteiger partial charge in [-0.2, -0.15) is 0 Å². The summed E-state index contributed by atoms with van der Waals surface area (Å²) in [5, 5.41) is 21.6. The van der Waals surface area contributed by atoms with E-state index in [2.05, 4.69) is 4.90 Å². The summed E-state index contributed by atoms with van der Waals surface area (Å²) in [6.07, 6.45) is 0.654. The van der Waals surface area contributed by atoms with E-state index in [9.17, 15) is 19.8 Å². The van der Waals surface area contributed by atoms with Crippen molar-refractivity contribution in [3.63, 3.8) is 0 Å². The Bertz CT molecular complexity index is 1190. The summed E-state index contributed by atoms with van der Waals surface area (Å²) in [6.45, 7) is 8.05. The fraction of sp³-hybridized carbons (Fsp3) is 0.429. The van der Waals surface area contributed by atoms with E-state index in [1.807, 2.05) is 0 Å². The number of morpholine rings is 1. The molecule has 9 heteroatoms. The SMILES string of the molecule is CCOc1cc([C@@H]2/C(=C(\O)c3ccc(OC)cc3C)C(=O)C(=O)N2CCCN2CCOCC2)ccc1O. The lowest BCUT2D eigenvalue weighted by atomic mass is 9.93. The van der Waals surface area contributed by atoms with Crippen LogP contribution in [-0.2, 0) is 14.3 Å². The van der Waals surface area contributed by atoms with Gasteiger partial charge in [-0.25, -0.2) is 0 Å². The molecular weight excluding hydrogens is 476 g/mol. The molecule has 2 aromatic rings. The van der Waals surface area contributed by atoms with E-state index in [-0.39, 0.29) is 22.8 Å². The molecular formula is C28H34N2O7. The van der Waals surface area contributed by atoms with Crippen LogP contribution in [0, 0.1) is 6.92 Å². The molecule has 2 fully saturated rings. The fourth-order valence-corrected chi connectivity index (χ4v) is 4.89. The number of benzene rings is 2. The fourth-order valence-electron chi connectivity index (χ4n) is 4.89. The van der Waals surface area contributed by atoms with E-state index >= 15 is 0 Å². The van der Waals surface area contributed by atoms with E-state index in [1.165, 1.54) is 11.0 Å². The number of aryl methyl sites for hydroxylation is 1. The van der Waals surface area contributed by atoms with Gasteiger partial charge in [0.15, 0.2) is 11.5 Å². The Morgan fingerprint density at radius 2 is 1.86 bits per heavy atom. The van der Waals surface area contributed by atoms with E-state index in [0.29, 0.717) is 55.2 Å². The van der Waals surface area contributed by atoms with E-state index in [1.54, 1.807) is 51.3 Å². The zero-order chi connectivity index (χ0) is 26.5. The Labute approximate surface area is 216 Å². The molecule has 4 rings (SSSR count). The number of carbonyl (C=O) groups excluding carboxylic acids is 2. The Morgan fingerprint density at radius 3 is 2.54 bits per heavy atom. The minimum Gasteiger partial charge on any atom is -0.507 e. The van der Waals surface area contributed by atoms with Gasteiger partial charge in [0, 0.05) is 31.7 Å². The van der Waals surface area contributed by atoms with Gasteiger partial charge in [-0.15, -0.1) is 0 Å². The van der Waals surface area contributed by atoms with E-state index < -0.39 is 17.7 Å². The second-order valence-corrected chi connectivity index (χ2v) is 9.14. The molecule has 2 aliphatic heterocycles. The number of Topliss-reactive ketones (excluding diaryl/α,β-unsaturated/α-hetero) is 1. The first-order chi connectivity index (χ1) is 17.8. The number of rotatable bonds is 9. The third kappa shape index (κ3) is 5.57. The van der Waals surface area contributed by atoms with Gasteiger partial charge in [-0.3, -0.25) is 14.5 Å². The summed E-state index contributed by atoms with van der Waals surface area (Å²) in [5.74, 6) is -0.819. The van der Waals surface area contributed by atoms with Crippen LogP contribution < -0.4 is 9.47 Å². The van der Waals surface area contributed by atoms with Crippen LogP contribution in [0.15, 0.2) is 42.0 Å². The summed E-state index contributed by atoms with van der Waals surface area (Å²) in [6, 6.07) is 9.06. The second kappa shape index (κ2) is 11.7. The summed E-state index contributed by atoms with van der Waals surface area (Å²) >= 11 is 0. The monoisotopic (exact) mass is 510 g/mol. The first-order valence-corrected chi connectivity index (χ1v) is 12.5. The van der Waals surface area contributed by atoms with Crippen LogP contribution in [0.4, 0.5) is 0 Å². The number of phenolic OH excluding ortho intramolecular Hbond substituents is 1. The molecule has 0 aromatic heterocycles. The molecule has 0 aliphatic carbocycles. The zero-order valence-electron chi connectivity index (χ0n) is 21.5. The predicted molar refractivity (Wildman–Crippen MR) is 138 cm³/mol. The van der Waals surface area contributed by atoms with Crippen molar-refractivity contribution in [1.29, 1.82) is 0 Å². The molecule has 2 aliphatic rings. The maximum atomic E-state index is 13.3. The number of phenols is 1. The van der Waals surface area contributed by atoms with E-state index in [0.717, 1.165) is 19.6 Å². The number of aliphatic hydroxyl groups is 1. The number of amides is 1. The summed E-state index contributed by atoms with van der Waals surface area (Å²) in [4.78, 5) is 30.4. The minimum atomic E-state index is -0.828. The van der Waals surface area contributed by atoms with Crippen molar-refractivity contribution in [3.8, 4) is 17.2 Å². The standard InChI is InChI=1S/C28H34N2O7/c1-4-37-23-17-19(6-9-22(23)31)25-24(26(32)21-8-7-20(35-3)16-18(21)2)27(33)28(34)30(25)11-5-10-29-12-14-36-15-13-29/h6-9,16-17,25,31-32H,4-5,10-15H2,1-3H3/b26-24+/t25-/m1/s1. The lowest BCUT2D eigenvalue weighted by Gasteiger charge is -2.29. The van der Waals surface area contributed by atoms with Crippen molar-refractivity contribution in [2.45, 2.75) is 26.3 Å². The number of aliphatic hydroxyl groups excluding tert-OH is 1. The molecule has 37 heavy (non-hydrogen) atoms. The maximum absolute atomic E-state index is 13.3. The van der Waals surface area contributed by atoms with Crippen LogP contribution in [0.2, 0.25) is 0 Å². The normalized spacial score (nSPS) is 19.9. The highest BCUT2D eigenvalue weighted by molar-refractivity contribution is 6.46. The van der Waals surface area contributed by atoms with Crippen molar-refractivity contribution < 1.29 is 34.0 Å². The second-order valence-electron chi connectivity index (χ2n) is 9.14.